The Kier molecular flexibility index (Phi) is 6.37. The molecule has 0 saturated carbocycles. The summed E-state index contributed by atoms with van der Waals surface area (Å²) in [5.41, 5.74) is 0.212. The molecule has 182 valence electrons. The van der Waals surface area contributed by atoms with Crippen LogP contribution in [0.15, 0.2) is 42.6 Å². The molecule has 11 heteroatoms. The highest BCUT2D eigenvalue weighted by Gasteiger charge is 2.36. The van der Waals surface area contributed by atoms with Gasteiger partial charge < -0.3 is 10.1 Å². The molecule has 1 N–H and O–H groups in total. The molecule has 0 aliphatic rings. The van der Waals surface area contributed by atoms with E-state index in [1.54, 1.807) is 25.1 Å². The number of esters is 1. The van der Waals surface area contributed by atoms with Crippen LogP contribution in [0, 0.1) is 6.92 Å². The van der Waals surface area contributed by atoms with Crippen molar-refractivity contribution in [2.24, 2.45) is 0 Å². The average Bonchev–Trinajstić information content (AvgIpc) is 3.40. The minimum absolute atomic E-state index is 0.0527. The van der Waals surface area contributed by atoms with E-state index < -0.39 is 23.7 Å². The zero-order valence-corrected chi connectivity index (χ0v) is 20.0. The number of rotatable bonds is 5. The van der Waals surface area contributed by atoms with Crippen molar-refractivity contribution in [1.82, 2.24) is 14.6 Å². The van der Waals surface area contributed by atoms with Gasteiger partial charge in [0.2, 0.25) is 0 Å². The number of thiophene rings is 1. The number of hydrogen-bond acceptors (Lipinski definition) is 6. The van der Waals surface area contributed by atoms with Gasteiger partial charge in [-0.1, -0.05) is 38.1 Å². The highest BCUT2D eigenvalue weighted by molar-refractivity contribution is 7.16. The number of methoxy groups -OCH3 is 1. The minimum Gasteiger partial charge on any atom is -0.465 e. The Morgan fingerprint density at radius 1 is 1.11 bits per heavy atom. The van der Waals surface area contributed by atoms with Crippen LogP contribution in [0.25, 0.3) is 16.9 Å². The lowest BCUT2D eigenvalue weighted by atomic mass is 10.0. The lowest BCUT2D eigenvalue weighted by Crippen LogP contribution is -2.16. The van der Waals surface area contributed by atoms with Gasteiger partial charge in [-0.05, 0) is 30.5 Å². The number of nitrogens with one attached hydrogen (secondary N) is 1. The van der Waals surface area contributed by atoms with Gasteiger partial charge in [-0.2, -0.15) is 18.3 Å². The van der Waals surface area contributed by atoms with E-state index in [2.05, 4.69) is 15.4 Å². The number of fused-ring (bicyclic) bond motifs is 1. The molecule has 1 amide bonds. The number of benzene rings is 1. The van der Waals surface area contributed by atoms with Crippen LogP contribution in [0.4, 0.5) is 18.2 Å². The second kappa shape index (κ2) is 9.14. The molecule has 4 rings (SSSR count). The van der Waals surface area contributed by atoms with Gasteiger partial charge in [0, 0.05) is 10.4 Å². The topological polar surface area (TPSA) is 85.6 Å². The van der Waals surface area contributed by atoms with Crippen molar-refractivity contribution in [3.63, 3.8) is 0 Å². The first-order valence-corrected chi connectivity index (χ1v) is 11.4. The molecule has 0 radical (unpaired) electrons. The summed E-state index contributed by atoms with van der Waals surface area (Å²) in [7, 11) is 1.21. The highest BCUT2D eigenvalue weighted by atomic mass is 32.1. The van der Waals surface area contributed by atoms with Gasteiger partial charge in [-0.25, -0.2) is 14.3 Å². The predicted octanol–water partition coefficient (Wildman–Crippen LogP) is 5.95. The monoisotopic (exact) mass is 502 g/mol. The van der Waals surface area contributed by atoms with Gasteiger partial charge >= 0.3 is 12.1 Å². The van der Waals surface area contributed by atoms with Gasteiger partial charge in [0.15, 0.2) is 11.3 Å². The Bertz CT molecular complexity index is 1420. The number of hydrogen-bond donors (Lipinski definition) is 1. The van der Waals surface area contributed by atoms with Crippen molar-refractivity contribution in [1.29, 1.82) is 0 Å². The third kappa shape index (κ3) is 4.76. The molecule has 0 fully saturated rings. The van der Waals surface area contributed by atoms with Crippen molar-refractivity contribution < 1.29 is 27.5 Å². The maximum atomic E-state index is 13.9. The summed E-state index contributed by atoms with van der Waals surface area (Å²) in [5, 5.41) is 6.58. The number of aryl methyl sites for hydroxylation is 1. The number of ether oxygens (including phenoxy) is 1. The number of anilines is 1. The molecule has 3 heterocycles. The quantitative estimate of drug-likeness (QED) is 0.341. The molecule has 0 spiro atoms. The Balaban J connectivity index is 1.81. The second-order valence-corrected chi connectivity index (χ2v) is 9.40. The first-order chi connectivity index (χ1) is 16.5. The summed E-state index contributed by atoms with van der Waals surface area (Å²) in [6, 6.07) is 9.52. The van der Waals surface area contributed by atoms with Gasteiger partial charge in [0.25, 0.3) is 5.91 Å². The van der Waals surface area contributed by atoms with Gasteiger partial charge in [0.1, 0.15) is 10.6 Å². The normalized spacial score (nSPS) is 11.8. The van der Waals surface area contributed by atoms with Crippen LogP contribution in [0.5, 0.6) is 0 Å². The molecule has 3 aromatic heterocycles. The van der Waals surface area contributed by atoms with E-state index in [1.807, 2.05) is 26.0 Å². The number of nitrogens with zero attached hydrogens (tertiary/aromatic N) is 3. The Labute approximate surface area is 202 Å². The molecular formula is C24H21F3N4O3S. The van der Waals surface area contributed by atoms with Crippen molar-refractivity contribution in [2.45, 2.75) is 32.9 Å². The van der Waals surface area contributed by atoms with Crippen LogP contribution >= 0.6 is 11.3 Å². The Hall–Kier alpha value is -3.73. The fourth-order valence-electron chi connectivity index (χ4n) is 3.55. The lowest BCUT2D eigenvalue weighted by molar-refractivity contribution is -0.142. The number of alkyl halides is 3. The molecule has 0 atom stereocenters. The number of halogens is 3. The number of carbonyl (C=O) groups excluding carboxylic acids is 2. The molecule has 0 aliphatic heterocycles. The Morgan fingerprint density at radius 3 is 2.40 bits per heavy atom. The van der Waals surface area contributed by atoms with E-state index in [0.29, 0.717) is 10.1 Å². The summed E-state index contributed by atoms with van der Waals surface area (Å²) in [5.74, 6) is -1.14. The van der Waals surface area contributed by atoms with E-state index in [4.69, 9.17) is 4.74 Å². The molecule has 0 saturated heterocycles. The van der Waals surface area contributed by atoms with Crippen molar-refractivity contribution in [3.8, 4) is 11.3 Å². The second-order valence-electron chi connectivity index (χ2n) is 8.14. The van der Waals surface area contributed by atoms with Crippen molar-refractivity contribution in [3.05, 3.63) is 69.9 Å². The largest absolute Gasteiger partial charge is 0.465 e. The fraction of sp³-hybridized carbons (Fsp3) is 0.250. The van der Waals surface area contributed by atoms with Crippen molar-refractivity contribution >= 4 is 33.9 Å². The average molecular weight is 503 g/mol. The number of amides is 1. The summed E-state index contributed by atoms with van der Waals surface area (Å²) in [6.45, 7) is 5.77. The molecular weight excluding hydrogens is 481 g/mol. The number of aromatic nitrogens is 3. The van der Waals surface area contributed by atoms with E-state index in [1.165, 1.54) is 7.11 Å². The lowest BCUT2D eigenvalue weighted by Gasteiger charge is -2.12. The summed E-state index contributed by atoms with van der Waals surface area (Å²) >= 11 is 1.14. The Morgan fingerprint density at radius 2 is 1.80 bits per heavy atom. The van der Waals surface area contributed by atoms with E-state index in [9.17, 15) is 22.8 Å². The fourth-order valence-corrected chi connectivity index (χ4v) is 4.45. The standard InChI is InChI=1S/C24H21F3N4O3S/c1-12(2)14-5-7-15(8-6-14)18-10-19(24(25,26)27)31-20(29-18)17(11-28-31)21(32)30-22-16(23(33)34-4)9-13(3)35-22/h5-12H,1-4H3,(H,30,32). The third-order valence-electron chi connectivity index (χ3n) is 5.37. The van der Waals surface area contributed by atoms with Crippen molar-refractivity contribution in [2.75, 3.05) is 12.4 Å². The third-order valence-corrected chi connectivity index (χ3v) is 6.33. The van der Waals surface area contributed by atoms with E-state index >= 15 is 0 Å². The van der Waals surface area contributed by atoms with Gasteiger partial charge in [-0.15, -0.1) is 11.3 Å². The minimum atomic E-state index is -4.74. The van der Waals surface area contributed by atoms with Crippen LogP contribution < -0.4 is 5.32 Å². The molecule has 35 heavy (non-hydrogen) atoms. The molecule has 0 bridgehead atoms. The van der Waals surface area contributed by atoms with Gasteiger partial charge in [0.05, 0.1) is 24.6 Å². The summed E-state index contributed by atoms with van der Waals surface area (Å²) in [4.78, 5) is 30.2. The first-order valence-electron chi connectivity index (χ1n) is 10.6. The maximum Gasteiger partial charge on any atom is 0.433 e. The van der Waals surface area contributed by atoms with Crippen LogP contribution in [0.3, 0.4) is 0 Å². The molecule has 4 aromatic rings. The molecule has 7 nitrogen and oxygen atoms in total. The maximum absolute atomic E-state index is 13.9. The van der Waals surface area contributed by atoms with Crippen LogP contribution in [-0.2, 0) is 10.9 Å². The molecule has 0 unspecified atom stereocenters. The SMILES string of the molecule is COC(=O)c1cc(C)sc1NC(=O)c1cnn2c(C(F)(F)F)cc(-c3ccc(C(C)C)cc3)nc12. The molecule has 0 aliphatic carbocycles. The number of carbonyl (C=O) groups is 2. The van der Waals surface area contributed by atoms with Gasteiger partial charge in [-0.3, -0.25) is 4.79 Å². The van der Waals surface area contributed by atoms with Crippen LogP contribution in [0.1, 0.15) is 56.6 Å². The smallest absolute Gasteiger partial charge is 0.433 e. The van der Waals surface area contributed by atoms with Crippen LogP contribution in [-0.4, -0.2) is 33.6 Å². The summed E-state index contributed by atoms with van der Waals surface area (Å²) in [6.07, 6.45) is -3.71. The molecule has 1 aromatic carbocycles. The van der Waals surface area contributed by atoms with E-state index in [-0.39, 0.29) is 33.4 Å². The van der Waals surface area contributed by atoms with Crippen LogP contribution in [0.2, 0.25) is 0 Å². The summed E-state index contributed by atoms with van der Waals surface area (Å²) < 4.78 is 47.0. The first kappa shape index (κ1) is 24.4. The van der Waals surface area contributed by atoms with E-state index in [0.717, 1.165) is 34.0 Å². The zero-order chi connectivity index (χ0) is 25.5. The highest BCUT2D eigenvalue weighted by Crippen LogP contribution is 2.34. The predicted molar refractivity (Wildman–Crippen MR) is 126 cm³/mol. The zero-order valence-electron chi connectivity index (χ0n) is 19.2.